The van der Waals surface area contributed by atoms with E-state index in [0.29, 0.717) is 6.07 Å². The van der Waals surface area contributed by atoms with Crippen LogP contribution < -0.4 is 21.8 Å². The largest absolute Gasteiger partial charge is 0.453 e. The summed E-state index contributed by atoms with van der Waals surface area (Å²) in [5.41, 5.74) is -5.67. The molecular weight excluding hydrogens is 425 g/mol. The number of halogens is 6. The van der Waals surface area contributed by atoms with Crippen LogP contribution >= 0.6 is 11.6 Å². The summed E-state index contributed by atoms with van der Waals surface area (Å²) in [6.45, 7) is 0. The molecule has 0 bridgehead atoms. The third kappa shape index (κ3) is 3.81. The number of hydrogen-bond acceptors (Lipinski definition) is 4. The van der Waals surface area contributed by atoms with Gasteiger partial charge in [0.1, 0.15) is 11.6 Å². The molecular formula is C17H9ClF5N3O3. The Morgan fingerprint density at radius 2 is 1.62 bits per heavy atom. The predicted molar refractivity (Wildman–Crippen MR) is 92.9 cm³/mol. The second-order valence-corrected chi connectivity index (χ2v) is 6.03. The van der Waals surface area contributed by atoms with Crippen LogP contribution in [0.4, 0.5) is 22.0 Å². The number of benzene rings is 2. The van der Waals surface area contributed by atoms with Crippen LogP contribution in [0.1, 0.15) is 5.69 Å². The Kier molecular flexibility index (Phi) is 5.09. The van der Waals surface area contributed by atoms with Gasteiger partial charge >= 0.3 is 11.9 Å². The first-order chi connectivity index (χ1) is 13.5. The molecule has 0 unspecified atom stereocenters. The molecule has 29 heavy (non-hydrogen) atoms. The average Bonchev–Trinajstić information content (AvgIpc) is 2.62. The van der Waals surface area contributed by atoms with E-state index in [1.807, 2.05) is 0 Å². The maximum Gasteiger partial charge on any atom is 0.433 e. The first kappa shape index (κ1) is 20.4. The highest BCUT2D eigenvalue weighted by molar-refractivity contribution is 6.32. The van der Waals surface area contributed by atoms with Crippen molar-refractivity contribution in [1.82, 2.24) is 9.24 Å². The van der Waals surface area contributed by atoms with Crippen LogP contribution in [0, 0.1) is 11.6 Å². The highest BCUT2D eigenvalue weighted by Crippen LogP contribution is 2.34. The van der Waals surface area contributed by atoms with E-state index in [1.54, 1.807) is 0 Å². The molecule has 0 aliphatic heterocycles. The molecule has 12 heteroatoms. The highest BCUT2D eigenvalue weighted by Gasteiger charge is 2.36. The summed E-state index contributed by atoms with van der Waals surface area (Å²) in [6.07, 6.45) is -5.09. The standard InChI is InChI=1S/C17H9ClF5N3O3/c18-8-5-10(20)11(6-13(8)29-12-4-2-1-3-9(12)19)25-15(27)7-14(17(21,22)23)26(24)16(25)28/h1-7H,24H2. The van der Waals surface area contributed by atoms with E-state index < -0.39 is 40.4 Å². The Hall–Kier alpha value is -3.34. The monoisotopic (exact) mass is 433 g/mol. The minimum absolute atomic E-state index is 0.0346. The van der Waals surface area contributed by atoms with Gasteiger partial charge in [-0.3, -0.25) is 4.79 Å². The lowest BCUT2D eigenvalue weighted by Crippen LogP contribution is -2.45. The van der Waals surface area contributed by atoms with Gasteiger partial charge in [-0.05, 0) is 18.2 Å². The zero-order valence-corrected chi connectivity index (χ0v) is 14.8. The van der Waals surface area contributed by atoms with Crippen LogP contribution in [0.15, 0.2) is 52.1 Å². The first-order valence-corrected chi connectivity index (χ1v) is 8.01. The van der Waals surface area contributed by atoms with Gasteiger partial charge in [0.2, 0.25) is 0 Å². The molecule has 0 saturated heterocycles. The Balaban J connectivity index is 2.20. The van der Waals surface area contributed by atoms with Crippen molar-refractivity contribution in [2.75, 3.05) is 5.84 Å². The fourth-order valence-electron chi connectivity index (χ4n) is 2.41. The van der Waals surface area contributed by atoms with Crippen molar-refractivity contribution in [3.8, 4) is 17.2 Å². The number of nitrogen functional groups attached to an aromatic ring is 1. The van der Waals surface area contributed by atoms with Crippen molar-refractivity contribution in [1.29, 1.82) is 0 Å². The number of para-hydroxylation sites is 1. The maximum atomic E-state index is 14.4. The van der Waals surface area contributed by atoms with Crippen molar-refractivity contribution >= 4 is 11.6 Å². The van der Waals surface area contributed by atoms with Crippen LogP contribution in [0.25, 0.3) is 5.69 Å². The molecule has 0 aliphatic rings. The fourth-order valence-corrected chi connectivity index (χ4v) is 2.60. The van der Waals surface area contributed by atoms with Gasteiger partial charge in [0.05, 0.1) is 10.7 Å². The summed E-state index contributed by atoms with van der Waals surface area (Å²) in [5.74, 6) is 2.46. The van der Waals surface area contributed by atoms with Gasteiger partial charge in [0.25, 0.3) is 5.56 Å². The molecule has 2 aromatic carbocycles. The molecule has 3 rings (SSSR count). The number of hydrogen-bond donors (Lipinski definition) is 1. The molecule has 0 saturated carbocycles. The summed E-state index contributed by atoms with van der Waals surface area (Å²) >= 11 is 5.86. The smallest absolute Gasteiger partial charge is 0.433 e. The van der Waals surface area contributed by atoms with Gasteiger partial charge in [-0.15, -0.1) is 0 Å². The van der Waals surface area contributed by atoms with E-state index in [4.69, 9.17) is 22.2 Å². The summed E-state index contributed by atoms with van der Waals surface area (Å²) in [4.78, 5) is 24.3. The summed E-state index contributed by atoms with van der Waals surface area (Å²) in [5, 5.41) is -0.345. The maximum absolute atomic E-state index is 14.4. The predicted octanol–water partition coefficient (Wildman–Crippen LogP) is 3.46. The quantitative estimate of drug-likeness (QED) is 0.507. The Morgan fingerprint density at radius 1 is 0.966 bits per heavy atom. The Morgan fingerprint density at radius 3 is 2.24 bits per heavy atom. The molecule has 2 N–H and O–H groups in total. The minimum atomic E-state index is -5.09. The third-order valence-electron chi connectivity index (χ3n) is 3.73. The van der Waals surface area contributed by atoms with Crippen molar-refractivity contribution in [2.45, 2.75) is 6.18 Å². The minimum Gasteiger partial charge on any atom is -0.453 e. The van der Waals surface area contributed by atoms with Crippen molar-refractivity contribution in [2.24, 2.45) is 0 Å². The van der Waals surface area contributed by atoms with Crippen LogP contribution in [0.5, 0.6) is 11.5 Å². The normalized spacial score (nSPS) is 11.5. The van der Waals surface area contributed by atoms with Gasteiger partial charge < -0.3 is 10.6 Å². The zero-order chi connectivity index (χ0) is 21.5. The second kappa shape index (κ2) is 7.24. The number of aromatic nitrogens is 2. The van der Waals surface area contributed by atoms with Crippen molar-refractivity contribution in [3.05, 3.63) is 85.7 Å². The molecule has 1 heterocycles. The highest BCUT2D eigenvalue weighted by atomic mass is 35.5. The molecule has 6 nitrogen and oxygen atoms in total. The fraction of sp³-hybridized carbons (Fsp3) is 0.0588. The van der Waals surface area contributed by atoms with Crippen LogP contribution in [0.2, 0.25) is 5.02 Å². The molecule has 1 aromatic heterocycles. The summed E-state index contributed by atoms with van der Waals surface area (Å²) in [7, 11) is 0. The SMILES string of the molecule is Nn1c(C(F)(F)F)cc(=O)n(-c2cc(Oc3ccccc3F)c(Cl)cc2F)c1=O. The van der Waals surface area contributed by atoms with Crippen molar-refractivity contribution in [3.63, 3.8) is 0 Å². The van der Waals surface area contributed by atoms with E-state index in [9.17, 15) is 31.5 Å². The van der Waals surface area contributed by atoms with E-state index in [0.717, 1.165) is 12.1 Å². The molecule has 0 amide bonds. The van der Waals surface area contributed by atoms with E-state index in [2.05, 4.69) is 0 Å². The van der Waals surface area contributed by atoms with Crippen LogP contribution in [0.3, 0.4) is 0 Å². The number of ether oxygens (including phenoxy) is 1. The molecule has 152 valence electrons. The van der Waals surface area contributed by atoms with Gasteiger partial charge in [0, 0.05) is 12.1 Å². The first-order valence-electron chi connectivity index (χ1n) is 7.64. The lowest BCUT2D eigenvalue weighted by atomic mass is 10.2. The topological polar surface area (TPSA) is 79.2 Å². The van der Waals surface area contributed by atoms with Crippen LogP contribution in [-0.2, 0) is 6.18 Å². The summed E-state index contributed by atoms with van der Waals surface area (Å²) in [6, 6.07) is 6.56. The van der Waals surface area contributed by atoms with Crippen LogP contribution in [-0.4, -0.2) is 9.24 Å². The molecule has 0 fully saturated rings. The molecule has 0 spiro atoms. The second-order valence-electron chi connectivity index (χ2n) is 5.62. The van der Waals surface area contributed by atoms with E-state index >= 15 is 0 Å². The van der Waals surface area contributed by atoms with Crippen molar-refractivity contribution < 1.29 is 26.7 Å². The lowest BCUT2D eigenvalue weighted by molar-refractivity contribution is -0.143. The van der Waals surface area contributed by atoms with Gasteiger partial charge in [0.15, 0.2) is 17.3 Å². The molecule has 0 aliphatic carbocycles. The van der Waals surface area contributed by atoms with Gasteiger partial charge in [-0.25, -0.2) is 22.8 Å². The molecule has 3 aromatic rings. The summed E-state index contributed by atoms with van der Waals surface area (Å²) < 4.78 is 71.8. The number of alkyl halides is 3. The number of nitrogens with zero attached hydrogens (tertiary/aromatic N) is 2. The van der Waals surface area contributed by atoms with E-state index in [1.165, 1.54) is 18.2 Å². The van der Waals surface area contributed by atoms with Gasteiger partial charge in [-0.1, -0.05) is 23.7 Å². The van der Waals surface area contributed by atoms with Gasteiger partial charge in [-0.2, -0.15) is 13.2 Å². The Labute approximate surface area is 163 Å². The lowest BCUT2D eigenvalue weighted by Gasteiger charge is -2.15. The third-order valence-corrected chi connectivity index (χ3v) is 4.02. The number of nitrogens with two attached hydrogens (primary N) is 1. The molecule has 0 radical (unpaired) electrons. The Bertz CT molecular complexity index is 1220. The average molecular weight is 434 g/mol. The molecule has 0 atom stereocenters. The van der Waals surface area contributed by atoms with E-state index in [-0.39, 0.29) is 31.8 Å². The number of rotatable bonds is 3. The zero-order valence-electron chi connectivity index (χ0n) is 14.0.